The maximum atomic E-state index is 13.8. The third-order valence-corrected chi connectivity index (χ3v) is 2.81. The number of carbonyl (C=O) groups excluding carboxylic acids is 1. The zero-order chi connectivity index (χ0) is 14.7. The molecule has 0 aliphatic heterocycles. The van der Waals surface area contributed by atoms with E-state index in [2.05, 4.69) is 4.98 Å². The van der Waals surface area contributed by atoms with Crippen LogP contribution in [0.2, 0.25) is 0 Å². The van der Waals surface area contributed by atoms with Gasteiger partial charge in [0, 0.05) is 26.0 Å². The van der Waals surface area contributed by atoms with E-state index in [9.17, 15) is 13.6 Å². The number of carbonyl (C=O) groups is 1. The lowest BCUT2D eigenvalue weighted by Gasteiger charge is -2.18. The molecular formula is C14H13F2N3O. The summed E-state index contributed by atoms with van der Waals surface area (Å²) in [6.07, 6.45) is 3.18. The minimum Gasteiger partial charge on any atom is -0.396 e. The highest BCUT2D eigenvalue weighted by molar-refractivity contribution is 5.95. The quantitative estimate of drug-likeness (QED) is 0.875. The number of hydrogen-bond donors (Lipinski definition) is 1. The summed E-state index contributed by atoms with van der Waals surface area (Å²) < 4.78 is 27.0. The van der Waals surface area contributed by atoms with E-state index in [-0.39, 0.29) is 17.8 Å². The van der Waals surface area contributed by atoms with E-state index < -0.39 is 17.5 Å². The predicted molar refractivity (Wildman–Crippen MR) is 70.8 cm³/mol. The average Bonchev–Trinajstić information content (AvgIpc) is 2.43. The third kappa shape index (κ3) is 2.90. The maximum absolute atomic E-state index is 13.8. The minimum atomic E-state index is -0.905. The molecule has 1 amide bonds. The van der Waals surface area contributed by atoms with Gasteiger partial charge in [0.2, 0.25) is 0 Å². The largest absolute Gasteiger partial charge is 0.396 e. The Balaban J connectivity index is 2.23. The number of rotatable bonds is 3. The molecule has 2 rings (SSSR count). The van der Waals surface area contributed by atoms with Crippen LogP contribution >= 0.6 is 0 Å². The number of pyridine rings is 1. The van der Waals surface area contributed by atoms with Gasteiger partial charge in [0.25, 0.3) is 5.91 Å². The third-order valence-electron chi connectivity index (χ3n) is 2.81. The van der Waals surface area contributed by atoms with E-state index in [1.807, 2.05) is 0 Å². The molecule has 1 aromatic heterocycles. The van der Waals surface area contributed by atoms with Crippen molar-refractivity contribution in [3.63, 3.8) is 0 Å². The van der Waals surface area contributed by atoms with E-state index in [4.69, 9.17) is 5.73 Å². The molecule has 0 spiro atoms. The topological polar surface area (TPSA) is 59.2 Å². The Hall–Kier alpha value is -2.50. The Morgan fingerprint density at radius 1 is 1.30 bits per heavy atom. The van der Waals surface area contributed by atoms with Crippen molar-refractivity contribution < 1.29 is 13.6 Å². The van der Waals surface area contributed by atoms with E-state index in [1.165, 1.54) is 11.9 Å². The van der Waals surface area contributed by atoms with Crippen LogP contribution in [0.15, 0.2) is 36.7 Å². The van der Waals surface area contributed by atoms with Crippen LogP contribution in [0.3, 0.4) is 0 Å². The van der Waals surface area contributed by atoms with Crippen LogP contribution in [0, 0.1) is 11.6 Å². The minimum absolute atomic E-state index is 0.261. The summed E-state index contributed by atoms with van der Waals surface area (Å²) in [7, 11) is 1.50. The van der Waals surface area contributed by atoms with E-state index in [0.717, 1.165) is 17.7 Å². The van der Waals surface area contributed by atoms with Gasteiger partial charge in [0.1, 0.15) is 5.82 Å². The fourth-order valence-electron chi connectivity index (χ4n) is 1.81. The molecular weight excluding hydrogens is 264 g/mol. The van der Waals surface area contributed by atoms with Crippen molar-refractivity contribution in [1.82, 2.24) is 9.88 Å². The molecule has 0 radical (unpaired) electrons. The molecule has 0 saturated heterocycles. The van der Waals surface area contributed by atoms with E-state index in [0.29, 0.717) is 0 Å². The Bertz CT molecular complexity index is 632. The Morgan fingerprint density at radius 3 is 2.60 bits per heavy atom. The number of nitrogens with zero attached hydrogens (tertiary/aromatic N) is 2. The van der Waals surface area contributed by atoms with Crippen molar-refractivity contribution in [2.24, 2.45) is 0 Å². The molecule has 1 heterocycles. The predicted octanol–water partition coefficient (Wildman–Crippen LogP) is 2.21. The summed E-state index contributed by atoms with van der Waals surface area (Å²) in [5.74, 6) is -2.28. The lowest BCUT2D eigenvalue weighted by molar-refractivity contribution is 0.0780. The molecule has 6 heteroatoms. The molecule has 104 valence electrons. The number of hydrogen-bond acceptors (Lipinski definition) is 3. The molecule has 4 nitrogen and oxygen atoms in total. The molecule has 20 heavy (non-hydrogen) atoms. The SMILES string of the molecule is CN(Cc1ccncc1)C(=O)c1cc(F)cc(N)c1F. The first-order valence-electron chi connectivity index (χ1n) is 5.88. The number of nitrogens with two attached hydrogens (primary N) is 1. The molecule has 0 saturated carbocycles. The highest BCUT2D eigenvalue weighted by Crippen LogP contribution is 2.19. The highest BCUT2D eigenvalue weighted by atomic mass is 19.1. The molecule has 0 atom stereocenters. The van der Waals surface area contributed by atoms with Crippen molar-refractivity contribution in [2.45, 2.75) is 6.54 Å². The molecule has 1 aromatic carbocycles. The molecule has 0 unspecified atom stereocenters. The van der Waals surface area contributed by atoms with Crippen LogP contribution in [0.1, 0.15) is 15.9 Å². The van der Waals surface area contributed by atoms with Gasteiger partial charge in [-0.05, 0) is 29.8 Å². The van der Waals surface area contributed by atoms with E-state index in [1.54, 1.807) is 24.5 Å². The van der Waals surface area contributed by atoms with Crippen LogP contribution in [0.5, 0.6) is 0 Å². The molecule has 2 aromatic rings. The van der Waals surface area contributed by atoms with Crippen molar-refractivity contribution in [3.05, 3.63) is 59.4 Å². The average molecular weight is 277 g/mol. The second kappa shape index (κ2) is 5.64. The Kier molecular flexibility index (Phi) is 3.93. The molecule has 2 N–H and O–H groups in total. The number of anilines is 1. The molecule has 0 aliphatic carbocycles. The van der Waals surface area contributed by atoms with Crippen LogP contribution in [0.25, 0.3) is 0 Å². The second-order valence-electron chi connectivity index (χ2n) is 4.37. The van der Waals surface area contributed by atoms with Gasteiger partial charge in [-0.3, -0.25) is 9.78 Å². The van der Waals surface area contributed by atoms with Crippen LogP contribution in [-0.2, 0) is 6.54 Å². The van der Waals surface area contributed by atoms with E-state index >= 15 is 0 Å². The summed E-state index contributed by atoms with van der Waals surface area (Å²) in [6.45, 7) is 0.261. The molecule has 0 fully saturated rings. The van der Waals surface area contributed by atoms with Gasteiger partial charge in [0.15, 0.2) is 5.82 Å². The Morgan fingerprint density at radius 2 is 1.95 bits per heavy atom. The normalized spacial score (nSPS) is 10.3. The zero-order valence-corrected chi connectivity index (χ0v) is 10.8. The standard InChI is InChI=1S/C14H13F2N3O/c1-19(8-9-2-4-18-5-3-9)14(20)11-6-10(15)7-12(17)13(11)16/h2-7H,8,17H2,1H3. The lowest BCUT2D eigenvalue weighted by Crippen LogP contribution is -2.27. The molecule has 0 aliphatic rings. The van der Waals surface area contributed by atoms with Gasteiger partial charge in [0.05, 0.1) is 11.3 Å². The summed E-state index contributed by atoms with van der Waals surface area (Å²) >= 11 is 0. The summed E-state index contributed by atoms with van der Waals surface area (Å²) in [5, 5.41) is 0. The lowest BCUT2D eigenvalue weighted by atomic mass is 10.1. The van der Waals surface area contributed by atoms with Crippen molar-refractivity contribution in [1.29, 1.82) is 0 Å². The highest BCUT2D eigenvalue weighted by Gasteiger charge is 2.19. The number of benzene rings is 1. The Labute approximate surface area is 114 Å². The van der Waals surface area contributed by atoms with Gasteiger partial charge in [-0.1, -0.05) is 0 Å². The molecule has 0 bridgehead atoms. The number of halogens is 2. The summed E-state index contributed by atoms with van der Waals surface area (Å²) in [4.78, 5) is 17.3. The van der Waals surface area contributed by atoms with Gasteiger partial charge < -0.3 is 10.6 Å². The van der Waals surface area contributed by atoms with Crippen LogP contribution in [-0.4, -0.2) is 22.8 Å². The smallest absolute Gasteiger partial charge is 0.257 e. The zero-order valence-electron chi connectivity index (χ0n) is 10.8. The van der Waals surface area contributed by atoms with Crippen molar-refractivity contribution in [2.75, 3.05) is 12.8 Å². The van der Waals surface area contributed by atoms with Crippen LogP contribution in [0.4, 0.5) is 14.5 Å². The van der Waals surface area contributed by atoms with Crippen molar-refractivity contribution >= 4 is 11.6 Å². The van der Waals surface area contributed by atoms with Crippen LogP contribution < -0.4 is 5.73 Å². The van der Waals surface area contributed by atoms with Crippen molar-refractivity contribution in [3.8, 4) is 0 Å². The van der Waals surface area contributed by atoms with Gasteiger partial charge in [-0.2, -0.15) is 0 Å². The first-order valence-corrected chi connectivity index (χ1v) is 5.88. The van der Waals surface area contributed by atoms with Gasteiger partial charge in [-0.15, -0.1) is 0 Å². The number of aromatic nitrogens is 1. The van der Waals surface area contributed by atoms with Gasteiger partial charge >= 0.3 is 0 Å². The summed E-state index contributed by atoms with van der Waals surface area (Å²) in [6, 6.07) is 5.16. The fraction of sp³-hybridized carbons (Fsp3) is 0.143. The first kappa shape index (κ1) is 13.9. The monoisotopic (exact) mass is 277 g/mol. The first-order chi connectivity index (χ1) is 9.49. The summed E-state index contributed by atoms with van der Waals surface area (Å²) in [5.41, 5.74) is 5.39. The van der Waals surface area contributed by atoms with Gasteiger partial charge in [-0.25, -0.2) is 8.78 Å². The number of amides is 1. The second-order valence-corrected chi connectivity index (χ2v) is 4.37. The maximum Gasteiger partial charge on any atom is 0.257 e. The fourth-order valence-corrected chi connectivity index (χ4v) is 1.81. The number of nitrogen functional groups attached to an aromatic ring is 1.